The van der Waals surface area contributed by atoms with Gasteiger partial charge in [-0.1, -0.05) is 60.7 Å². The number of benzene rings is 2. The average molecular weight is 275 g/mol. The summed E-state index contributed by atoms with van der Waals surface area (Å²) in [6.45, 7) is 2.27. The number of allylic oxidation sites excluding steroid dienone is 2. The zero-order chi connectivity index (χ0) is 14.5. The van der Waals surface area contributed by atoms with Crippen LogP contribution >= 0.6 is 0 Å². The fourth-order valence-electron chi connectivity index (χ4n) is 2.90. The molecule has 1 aliphatic carbocycles. The summed E-state index contributed by atoms with van der Waals surface area (Å²) in [5, 5.41) is 0. The molecule has 1 nitrogen and oxygen atoms in total. The number of rotatable bonds is 3. The summed E-state index contributed by atoms with van der Waals surface area (Å²) in [6.07, 6.45) is 11.4. The molecule has 0 unspecified atom stereocenters. The Labute approximate surface area is 127 Å². The molecule has 0 bridgehead atoms. The van der Waals surface area contributed by atoms with E-state index in [1.807, 2.05) is 0 Å². The van der Waals surface area contributed by atoms with E-state index in [-0.39, 0.29) is 5.54 Å². The van der Waals surface area contributed by atoms with Gasteiger partial charge in [-0.25, -0.2) is 0 Å². The first-order chi connectivity index (χ1) is 10.3. The number of nitrogens with zero attached hydrogens (tertiary/aromatic N) is 1. The molecular weight excluding hydrogens is 254 g/mol. The van der Waals surface area contributed by atoms with Gasteiger partial charge in [-0.2, -0.15) is 0 Å². The molecule has 0 spiro atoms. The van der Waals surface area contributed by atoms with Crippen molar-refractivity contribution in [2.45, 2.75) is 25.3 Å². The van der Waals surface area contributed by atoms with E-state index in [0.29, 0.717) is 0 Å². The summed E-state index contributed by atoms with van der Waals surface area (Å²) in [6, 6.07) is 21.2. The highest BCUT2D eigenvalue weighted by Crippen LogP contribution is 2.35. The van der Waals surface area contributed by atoms with Gasteiger partial charge in [0.05, 0.1) is 5.54 Å². The fraction of sp³-hybridized carbons (Fsp3) is 0.200. The van der Waals surface area contributed by atoms with Crippen molar-refractivity contribution in [1.29, 1.82) is 0 Å². The first kappa shape index (κ1) is 13.7. The second-order valence-electron chi connectivity index (χ2n) is 5.61. The summed E-state index contributed by atoms with van der Waals surface area (Å²) in [7, 11) is 0. The van der Waals surface area contributed by atoms with Crippen LogP contribution in [0.1, 0.15) is 19.8 Å². The SMILES string of the molecule is CC1(N(c2ccccc2)c2ccccc2)C=CCCC=C1. The molecule has 21 heavy (non-hydrogen) atoms. The Kier molecular flexibility index (Phi) is 3.92. The van der Waals surface area contributed by atoms with E-state index in [9.17, 15) is 0 Å². The number of anilines is 2. The zero-order valence-electron chi connectivity index (χ0n) is 12.4. The highest BCUT2D eigenvalue weighted by atomic mass is 15.2. The van der Waals surface area contributed by atoms with Crippen LogP contribution in [-0.2, 0) is 0 Å². The van der Waals surface area contributed by atoms with Gasteiger partial charge in [-0.05, 0) is 44.0 Å². The van der Waals surface area contributed by atoms with Crippen LogP contribution in [-0.4, -0.2) is 5.54 Å². The minimum absolute atomic E-state index is 0.140. The molecule has 0 aliphatic heterocycles. The smallest absolute Gasteiger partial charge is 0.0788 e. The number of para-hydroxylation sites is 2. The minimum atomic E-state index is -0.140. The number of hydrogen-bond acceptors (Lipinski definition) is 1. The Bertz CT molecular complexity index is 572. The van der Waals surface area contributed by atoms with Gasteiger partial charge in [0, 0.05) is 11.4 Å². The highest BCUT2D eigenvalue weighted by Gasteiger charge is 2.28. The van der Waals surface area contributed by atoms with Crippen molar-refractivity contribution >= 4 is 11.4 Å². The zero-order valence-corrected chi connectivity index (χ0v) is 12.4. The highest BCUT2D eigenvalue weighted by molar-refractivity contribution is 5.68. The molecule has 0 fully saturated rings. The lowest BCUT2D eigenvalue weighted by molar-refractivity contribution is 0.700. The van der Waals surface area contributed by atoms with Crippen molar-refractivity contribution < 1.29 is 0 Å². The molecule has 1 heteroatoms. The summed E-state index contributed by atoms with van der Waals surface area (Å²) >= 11 is 0. The van der Waals surface area contributed by atoms with Gasteiger partial charge < -0.3 is 4.90 Å². The summed E-state index contributed by atoms with van der Waals surface area (Å²) in [4.78, 5) is 2.39. The lowest BCUT2D eigenvalue weighted by Crippen LogP contribution is -2.39. The van der Waals surface area contributed by atoms with Crippen molar-refractivity contribution in [3.05, 3.63) is 85.0 Å². The van der Waals surface area contributed by atoms with Crippen LogP contribution < -0.4 is 4.90 Å². The lowest BCUT2D eigenvalue weighted by Gasteiger charge is -2.39. The van der Waals surface area contributed by atoms with Crippen LogP contribution in [0.4, 0.5) is 11.4 Å². The van der Waals surface area contributed by atoms with E-state index in [1.165, 1.54) is 11.4 Å². The molecule has 0 saturated heterocycles. The van der Waals surface area contributed by atoms with E-state index < -0.39 is 0 Å². The normalized spacial score (nSPS) is 16.4. The Hall–Kier alpha value is -2.28. The monoisotopic (exact) mass is 275 g/mol. The molecule has 0 amide bonds. The third-order valence-corrected chi connectivity index (χ3v) is 3.92. The Balaban J connectivity index is 2.13. The van der Waals surface area contributed by atoms with Crippen LogP contribution in [0.5, 0.6) is 0 Å². The Morgan fingerprint density at radius 2 is 1.14 bits per heavy atom. The van der Waals surface area contributed by atoms with Gasteiger partial charge in [-0.15, -0.1) is 0 Å². The summed E-state index contributed by atoms with van der Waals surface area (Å²) in [5.41, 5.74) is 2.28. The Morgan fingerprint density at radius 3 is 1.57 bits per heavy atom. The molecule has 1 aliphatic rings. The maximum absolute atomic E-state index is 2.39. The van der Waals surface area contributed by atoms with E-state index in [1.54, 1.807) is 0 Å². The molecule has 106 valence electrons. The largest absolute Gasteiger partial charge is 0.329 e. The van der Waals surface area contributed by atoms with Crippen molar-refractivity contribution in [3.8, 4) is 0 Å². The van der Waals surface area contributed by atoms with Gasteiger partial charge in [0.2, 0.25) is 0 Å². The van der Waals surface area contributed by atoms with Gasteiger partial charge >= 0.3 is 0 Å². The van der Waals surface area contributed by atoms with Crippen molar-refractivity contribution in [3.63, 3.8) is 0 Å². The first-order valence-electron chi connectivity index (χ1n) is 7.55. The van der Waals surface area contributed by atoms with E-state index in [2.05, 4.69) is 96.8 Å². The fourth-order valence-corrected chi connectivity index (χ4v) is 2.90. The van der Waals surface area contributed by atoms with Crippen molar-refractivity contribution in [2.24, 2.45) is 0 Å². The standard InChI is InChI=1S/C20H21N/c1-20(16-10-2-3-11-17-20)21(18-12-6-4-7-13-18)19-14-8-5-9-15-19/h4-17H,2-3H2,1H3. The third kappa shape index (κ3) is 2.92. The van der Waals surface area contributed by atoms with Crippen LogP contribution in [0.2, 0.25) is 0 Å². The van der Waals surface area contributed by atoms with E-state index in [0.717, 1.165) is 12.8 Å². The summed E-state index contributed by atoms with van der Waals surface area (Å²) in [5.74, 6) is 0. The van der Waals surface area contributed by atoms with Gasteiger partial charge in [0.25, 0.3) is 0 Å². The Morgan fingerprint density at radius 1 is 0.714 bits per heavy atom. The molecule has 0 N–H and O–H groups in total. The van der Waals surface area contributed by atoms with Crippen molar-refractivity contribution in [1.82, 2.24) is 0 Å². The van der Waals surface area contributed by atoms with Crippen molar-refractivity contribution in [2.75, 3.05) is 4.90 Å². The van der Waals surface area contributed by atoms with Crippen LogP contribution in [0.15, 0.2) is 85.0 Å². The van der Waals surface area contributed by atoms with E-state index in [4.69, 9.17) is 0 Å². The molecule has 0 aromatic heterocycles. The van der Waals surface area contributed by atoms with Gasteiger partial charge in [0.1, 0.15) is 0 Å². The second kappa shape index (κ2) is 6.01. The quantitative estimate of drug-likeness (QED) is 0.669. The molecule has 3 rings (SSSR count). The van der Waals surface area contributed by atoms with Gasteiger partial charge in [0.15, 0.2) is 0 Å². The lowest BCUT2D eigenvalue weighted by atomic mass is 9.96. The maximum atomic E-state index is 2.39. The predicted molar refractivity (Wildman–Crippen MR) is 90.9 cm³/mol. The molecule has 0 atom stereocenters. The van der Waals surface area contributed by atoms with Crippen LogP contribution in [0.25, 0.3) is 0 Å². The van der Waals surface area contributed by atoms with Gasteiger partial charge in [-0.3, -0.25) is 0 Å². The molecule has 0 saturated carbocycles. The van der Waals surface area contributed by atoms with Crippen LogP contribution in [0.3, 0.4) is 0 Å². The second-order valence-corrected chi connectivity index (χ2v) is 5.61. The molecule has 2 aromatic rings. The molecular formula is C20H21N. The minimum Gasteiger partial charge on any atom is -0.329 e. The number of hydrogen-bond donors (Lipinski definition) is 0. The molecule has 2 aromatic carbocycles. The molecule has 0 heterocycles. The summed E-state index contributed by atoms with van der Waals surface area (Å²) < 4.78 is 0. The topological polar surface area (TPSA) is 3.24 Å². The van der Waals surface area contributed by atoms with E-state index >= 15 is 0 Å². The molecule has 0 radical (unpaired) electrons. The maximum Gasteiger partial charge on any atom is 0.0788 e. The average Bonchev–Trinajstić information content (AvgIpc) is 2.75. The van der Waals surface area contributed by atoms with Crippen LogP contribution in [0, 0.1) is 0 Å². The predicted octanol–water partition coefficient (Wildman–Crippen LogP) is 5.49. The first-order valence-corrected chi connectivity index (χ1v) is 7.55. The third-order valence-electron chi connectivity index (χ3n) is 3.92.